The number of rotatable bonds is 3. The summed E-state index contributed by atoms with van der Waals surface area (Å²) in [6.45, 7) is 7.52. The lowest BCUT2D eigenvalue weighted by Gasteiger charge is -2.29. The molecule has 0 aliphatic rings. The zero-order valence-electron chi connectivity index (χ0n) is 7.65. The molecule has 0 aromatic rings. The van der Waals surface area contributed by atoms with Crippen LogP contribution in [0.4, 0.5) is 0 Å². The van der Waals surface area contributed by atoms with Gasteiger partial charge in [-0.1, -0.05) is 18.5 Å². The number of hydrogen-bond acceptors (Lipinski definition) is 2. The van der Waals surface area contributed by atoms with E-state index in [0.717, 1.165) is 6.42 Å². The molecule has 1 N–H and O–H groups in total. The van der Waals surface area contributed by atoms with Crippen molar-refractivity contribution in [3.05, 3.63) is 0 Å². The zero-order chi connectivity index (χ0) is 9.12. The quantitative estimate of drug-likeness (QED) is 0.534. The Labute approximate surface area is 73.5 Å². The van der Waals surface area contributed by atoms with Crippen LogP contribution in [0.2, 0.25) is 0 Å². The molecule has 0 saturated heterocycles. The predicted molar refractivity (Wildman–Crippen MR) is 46.5 cm³/mol. The Balaban J connectivity index is 3.91. The highest BCUT2D eigenvalue weighted by atomic mass is 35.5. The predicted octanol–water partition coefficient (Wildman–Crippen LogP) is 2.49. The first kappa shape index (κ1) is 11.2. The van der Waals surface area contributed by atoms with Gasteiger partial charge in [-0.3, -0.25) is 0 Å². The minimum atomic E-state index is -1.49. The Bertz CT molecular complexity index is 116. The van der Waals surface area contributed by atoms with Gasteiger partial charge in [0.2, 0.25) is 5.25 Å². The van der Waals surface area contributed by atoms with Crippen molar-refractivity contribution >= 4 is 11.6 Å². The molecule has 68 valence electrons. The van der Waals surface area contributed by atoms with E-state index in [1.54, 1.807) is 0 Å². The molecule has 0 heterocycles. The normalized spacial score (nSPS) is 18.0. The second-order valence-corrected chi connectivity index (χ2v) is 4.24. The van der Waals surface area contributed by atoms with E-state index in [1.165, 1.54) is 0 Å². The second-order valence-electron chi connectivity index (χ2n) is 3.65. The third-order valence-corrected chi connectivity index (χ3v) is 1.29. The molecule has 0 radical (unpaired) electrons. The van der Waals surface area contributed by atoms with E-state index in [4.69, 9.17) is 16.3 Å². The lowest BCUT2D eigenvalue weighted by molar-refractivity contribution is -0.200. The lowest BCUT2D eigenvalue weighted by Crippen LogP contribution is -2.34. The van der Waals surface area contributed by atoms with Crippen molar-refractivity contribution in [1.82, 2.24) is 0 Å². The van der Waals surface area contributed by atoms with Crippen LogP contribution in [0.25, 0.3) is 0 Å². The average molecular weight is 181 g/mol. The number of halogens is 1. The fourth-order valence-electron chi connectivity index (χ4n) is 0.829. The van der Waals surface area contributed by atoms with Gasteiger partial charge in [-0.05, 0) is 27.2 Å². The van der Waals surface area contributed by atoms with Crippen LogP contribution in [0.3, 0.4) is 0 Å². The van der Waals surface area contributed by atoms with Crippen LogP contribution < -0.4 is 0 Å². The second kappa shape index (κ2) is 3.74. The van der Waals surface area contributed by atoms with Crippen molar-refractivity contribution < 1.29 is 9.84 Å². The van der Waals surface area contributed by atoms with Gasteiger partial charge in [0, 0.05) is 6.42 Å². The molecule has 2 nitrogen and oxygen atoms in total. The van der Waals surface area contributed by atoms with E-state index in [0.29, 0.717) is 6.42 Å². The summed E-state index contributed by atoms with van der Waals surface area (Å²) in [7, 11) is 0. The summed E-state index contributed by atoms with van der Waals surface area (Å²) < 4.78 is 5.19. The van der Waals surface area contributed by atoms with Gasteiger partial charge in [0.05, 0.1) is 5.60 Å². The summed E-state index contributed by atoms with van der Waals surface area (Å²) in [4.78, 5) is 0. The molecule has 0 rings (SSSR count). The first-order valence-electron chi connectivity index (χ1n) is 3.88. The van der Waals surface area contributed by atoms with E-state index in [1.807, 2.05) is 27.7 Å². The maximum atomic E-state index is 9.39. The Kier molecular flexibility index (Phi) is 3.82. The van der Waals surface area contributed by atoms with Gasteiger partial charge in [0.25, 0.3) is 0 Å². The molecule has 11 heavy (non-hydrogen) atoms. The fraction of sp³-hybridized carbons (Fsp3) is 1.00. The molecule has 0 spiro atoms. The van der Waals surface area contributed by atoms with E-state index in [9.17, 15) is 5.11 Å². The van der Waals surface area contributed by atoms with Crippen molar-refractivity contribution in [3.8, 4) is 0 Å². The van der Waals surface area contributed by atoms with Crippen LogP contribution in [0.15, 0.2) is 0 Å². The molecule has 1 unspecified atom stereocenters. The summed E-state index contributed by atoms with van der Waals surface area (Å²) in [6.07, 6.45) is 1.25. The average Bonchev–Trinajstić information content (AvgIpc) is 1.55. The van der Waals surface area contributed by atoms with Crippen molar-refractivity contribution in [3.63, 3.8) is 0 Å². The molecule has 0 aromatic carbocycles. The molecule has 3 heteroatoms. The molecule has 0 bridgehead atoms. The Hall–Kier alpha value is 0.210. The van der Waals surface area contributed by atoms with Crippen molar-refractivity contribution in [2.75, 3.05) is 0 Å². The van der Waals surface area contributed by atoms with Crippen LogP contribution in [-0.4, -0.2) is 16.0 Å². The molecule has 0 amide bonds. The van der Waals surface area contributed by atoms with Gasteiger partial charge >= 0.3 is 0 Å². The first-order chi connectivity index (χ1) is 4.77. The molecule has 1 atom stereocenters. The summed E-state index contributed by atoms with van der Waals surface area (Å²) in [5, 5.41) is 7.90. The Morgan fingerprint density at radius 2 is 1.82 bits per heavy atom. The summed E-state index contributed by atoms with van der Waals surface area (Å²) >= 11 is 5.65. The van der Waals surface area contributed by atoms with Gasteiger partial charge in [0.1, 0.15) is 0 Å². The summed E-state index contributed by atoms with van der Waals surface area (Å²) in [5.41, 5.74) is -0.397. The van der Waals surface area contributed by atoms with Gasteiger partial charge in [0.15, 0.2) is 0 Å². The van der Waals surface area contributed by atoms with Gasteiger partial charge in [-0.15, -0.1) is 0 Å². The molecule has 0 fully saturated rings. The molecular formula is C8H17ClO2. The number of alkyl halides is 1. The smallest absolute Gasteiger partial charge is 0.246 e. The standard InChI is InChI=1S/C8H17ClO2/c1-5-6-8(9,10)11-7(2,3)4/h10H,5-6H2,1-4H3. The highest BCUT2D eigenvalue weighted by Crippen LogP contribution is 2.25. The van der Waals surface area contributed by atoms with Crippen LogP contribution in [-0.2, 0) is 4.74 Å². The summed E-state index contributed by atoms with van der Waals surface area (Å²) in [6, 6.07) is 0. The zero-order valence-corrected chi connectivity index (χ0v) is 8.40. The largest absolute Gasteiger partial charge is 0.353 e. The molecule has 0 aromatic heterocycles. The maximum Gasteiger partial charge on any atom is 0.246 e. The minimum Gasteiger partial charge on any atom is -0.353 e. The van der Waals surface area contributed by atoms with E-state index in [-0.39, 0.29) is 0 Å². The van der Waals surface area contributed by atoms with E-state index >= 15 is 0 Å². The van der Waals surface area contributed by atoms with E-state index in [2.05, 4.69) is 0 Å². The molecule has 0 saturated carbocycles. The van der Waals surface area contributed by atoms with Gasteiger partial charge in [-0.25, -0.2) is 0 Å². The third kappa shape index (κ3) is 6.60. The fourth-order valence-corrected chi connectivity index (χ4v) is 1.25. The third-order valence-electron chi connectivity index (χ3n) is 1.02. The van der Waals surface area contributed by atoms with Crippen molar-refractivity contribution in [2.24, 2.45) is 0 Å². The topological polar surface area (TPSA) is 29.5 Å². The number of ether oxygens (including phenoxy) is 1. The Morgan fingerprint density at radius 3 is 2.09 bits per heavy atom. The monoisotopic (exact) mass is 180 g/mol. The maximum absolute atomic E-state index is 9.39. The molecule has 0 aliphatic heterocycles. The van der Waals surface area contributed by atoms with E-state index < -0.39 is 10.8 Å². The van der Waals surface area contributed by atoms with Gasteiger partial charge in [-0.2, -0.15) is 0 Å². The number of hydrogen-bond donors (Lipinski definition) is 1. The number of aliphatic hydroxyl groups is 1. The lowest BCUT2D eigenvalue weighted by atomic mass is 10.2. The van der Waals surface area contributed by atoms with Crippen LogP contribution >= 0.6 is 11.6 Å². The highest BCUT2D eigenvalue weighted by Gasteiger charge is 2.29. The van der Waals surface area contributed by atoms with Gasteiger partial charge < -0.3 is 9.84 Å². The van der Waals surface area contributed by atoms with Crippen molar-refractivity contribution in [1.29, 1.82) is 0 Å². The van der Waals surface area contributed by atoms with Crippen LogP contribution in [0.1, 0.15) is 40.5 Å². The minimum absolute atomic E-state index is 0.397. The SMILES string of the molecule is CCCC(O)(Cl)OC(C)(C)C. The van der Waals surface area contributed by atoms with Crippen LogP contribution in [0, 0.1) is 0 Å². The summed E-state index contributed by atoms with van der Waals surface area (Å²) in [5.74, 6) is 0. The van der Waals surface area contributed by atoms with Crippen LogP contribution in [0.5, 0.6) is 0 Å². The molecular weight excluding hydrogens is 164 g/mol. The highest BCUT2D eigenvalue weighted by molar-refractivity contribution is 6.21. The Morgan fingerprint density at radius 1 is 1.36 bits per heavy atom. The first-order valence-corrected chi connectivity index (χ1v) is 4.26. The van der Waals surface area contributed by atoms with Crippen molar-refractivity contribution in [2.45, 2.75) is 51.4 Å². The molecule has 0 aliphatic carbocycles.